The molecule has 4 nitrogen and oxygen atoms in total. The molecule has 0 aliphatic carbocycles. The molecular weight excluding hydrogens is 154 g/mol. The Morgan fingerprint density at radius 2 is 2.17 bits per heavy atom. The Kier molecular flexibility index (Phi) is 2.19. The van der Waals surface area contributed by atoms with Crippen LogP contribution in [-0.4, -0.2) is 6.03 Å². The van der Waals surface area contributed by atoms with Gasteiger partial charge in [-0.05, 0) is 24.6 Å². The molecule has 0 radical (unpaired) electrons. The quantitative estimate of drug-likeness (QED) is 0.544. The Balaban J connectivity index is 2.93. The highest BCUT2D eigenvalue weighted by Gasteiger charge is 1.99. The minimum Gasteiger partial charge on any atom is -0.397 e. The first-order chi connectivity index (χ1) is 5.59. The van der Waals surface area contributed by atoms with Crippen LogP contribution in [0, 0.1) is 6.92 Å². The fraction of sp³-hybridized carbons (Fsp3) is 0.125. The molecule has 1 aromatic carbocycles. The molecule has 0 aromatic heterocycles. The van der Waals surface area contributed by atoms with Crippen LogP contribution < -0.4 is 16.8 Å². The van der Waals surface area contributed by atoms with Gasteiger partial charge in [-0.3, -0.25) is 0 Å². The van der Waals surface area contributed by atoms with Crippen LogP contribution in [0.5, 0.6) is 0 Å². The Labute approximate surface area is 70.6 Å². The Bertz CT molecular complexity index is 309. The van der Waals surface area contributed by atoms with E-state index in [4.69, 9.17) is 11.5 Å². The fourth-order valence-electron chi connectivity index (χ4n) is 0.929. The number of hydrogen-bond acceptors (Lipinski definition) is 2. The van der Waals surface area contributed by atoms with Crippen molar-refractivity contribution in [2.75, 3.05) is 11.1 Å². The molecule has 1 aromatic rings. The maximum absolute atomic E-state index is 10.5. The number of urea groups is 1. The number of nitrogens with one attached hydrogen (secondary N) is 1. The lowest BCUT2D eigenvalue weighted by molar-refractivity contribution is 0.259. The van der Waals surface area contributed by atoms with Crippen molar-refractivity contribution in [3.05, 3.63) is 23.8 Å². The molecule has 0 saturated carbocycles. The van der Waals surface area contributed by atoms with Crippen molar-refractivity contribution in [1.29, 1.82) is 0 Å². The average molecular weight is 165 g/mol. The molecule has 2 amide bonds. The van der Waals surface area contributed by atoms with Gasteiger partial charge < -0.3 is 16.8 Å². The summed E-state index contributed by atoms with van der Waals surface area (Å²) in [5.41, 5.74) is 12.6. The van der Waals surface area contributed by atoms with Gasteiger partial charge in [-0.2, -0.15) is 0 Å². The van der Waals surface area contributed by atoms with Gasteiger partial charge in [0.05, 0.1) is 11.4 Å². The second kappa shape index (κ2) is 3.13. The van der Waals surface area contributed by atoms with Crippen molar-refractivity contribution >= 4 is 17.4 Å². The van der Waals surface area contributed by atoms with Gasteiger partial charge in [-0.1, -0.05) is 6.07 Å². The summed E-state index contributed by atoms with van der Waals surface area (Å²) in [6.07, 6.45) is 0. The summed E-state index contributed by atoms with van der Waals surface area (Å²) in [7, 11) is 0. The number of nitrogens with two attached hydrogens (primary N) is 2. The molecule has 5 N–H and O–H groups in total. The molecule has 1 rings (SSSR count). The van der Waals surface area contributed by atoms with E-state index in [2.05, 4.69) is 5.32 Å². The van der Waals surface area contributed by atoms with E-state index in [9.17, 15) is 4.79 Å². The first kappa shape index (κ1) is 8.39. The predicted octanol–water partition coefficient (Wildman–Crippen LogP) is 1.07. The van der Waals surface area contributed by atoms with Crippen molar-refractivity contribution in [2.45, 2.75) is 6.92 Å². The van der Waals surface area contributed by atoms with Crippen LogP contribution >= 0.6 is 0 Å². The zero-order valence-corrected chi connectivity index (χ0v) is 6.79. The number of hydrogen-bond donors (Lipinski definition) is 3. The van der Waals surface area contributed by atoms with Crippen molar-refractivity contribution in [1.82, 2.24) is 0 Å². The molecule has 0 spiro atoms. The van der Waals surface area contributed by atoms with Crippen LogP contribution in [0.15, 0.2) is 18.2 Å². The number of nitrogen functional groups attached to an aromatic ring is 1. The van der Waals surface area contributed by atoms with Crippen LogP contribution in [0.1, 0.15) is 5.56 Å². The van der Waals surface area contributed by atoms with E-state index in [1.54, 1.807) is 12.1 Å². The third-order valence-electron chi connectivity index (χ3n) is 1.46. The van der Waals surface area contributed by atoms with Gasteiger partial charge in [-0.25, -0.2) is 4.79 Å². The van der Waals surface area contributed by atoms with Crippen molar-refractivity contribution in [2.24, 2.45) is 5.73 Å². The molecule has 0 fully saturated rings. The van der Waals surface area contributed by atoms with E-state index in [0.717, 1.165) is 5.56 Å². The topological polar surface area (TPSA) is 81.1 Å². The second-order valence-corrected chi connectivity index (χ2v) is 2.58. The summed E-state index contributed by atoms with van der Waals surface area (Å²) < 4.78 is 0. The maximum atomic E-state index is 10.5. The molecule has 0 heterocycles. The van der Waals surface area contributed by atoms with E-state index < -0.39 is 6.03 Å². The standard InChI is InChI=1S/C8H11N3O/c1-5-2-3-7(6(9)4-5)11-8(10)12/h2-4H,9H2,1H3,(H3,10,11,12). The summed E-state index contributed by atoms with van der Waals surface area (Å²) in [5, 5.41) is 2.41. The number of carbonyl (C=O) groups is 1. The minimum absolute atomic E-state index is 0.522. The lowest BCUT2D eigenvalue weighted by atomic mass is 10.2. The highest BCUT2D eigenvalue weighted by atomic mass is 16.2. The first-order valence-corrected chi connectivity index (χ1v) is 3.52. The van der Waals surface area contributed by atoms with E-state index in [-0.39, 0.29) is 0 Å². The van der Waals surface area contributed by atoms with Crippen molar-refractivity contribution in [3.63, 3.8) is 0 Å². The molecule has 0 aliphatic heterocycles. The maximum Gasteiger partial charge on any atom is 0.316 e. The zero-order chi connectivity index (χ0) is 9.14. The molecule has 64 valence electrons. The van der Waals surface area contributed by atoms with Gasteiger partial charge >= 0.3 is 6.03 Å². The highest BCUT2D eigenvalue weighted by Crippen LogP contribution is 2.18. The van der Waals surface area contributed by atoms with E-state index in [1.165, 1.54) is 0 Å². The molecule has 12 heavy (non-hydrogen) atoms. The predicted molar refractivity (Wildman–Crippen MR) is 48.8 cm³/mol. The molecule has 0 bridgehead atoms. The molecule has 4 heteroatoms. The Morgan fingerprint density at radius 3 is 2.67 bits per heavy atom. The van der Waals surface area contributed by atoms with Gasteiger partial charge in [0.25, 0.3) is 0 Å². The number of carbonyl (C=O) groups excluding carboxylic acids is 1. The number of aryl methyl sites for hydroxylation is 1. The summed E-state index contributed by atoms with van der Waals surface area (Å²) in [6, 6.07) is 4.73. The van der Waals surface area contributed by atoms with Crippen LogP contribution in [0.3, 0.4) is 0 Å². The molecular formula is C8H11N3O. The number of benzene rings is 1. The Hall–Kier alpha value is -1.71. The third kappa shape index (κ3) is 1.88. The normalized spacial score (nSPS) is 9.42. The van der Waals surface area contributed by atoms with Gasteiger partial charge in [0.1, 0.15) is 0 Å². The summed E-state index contributed by atoms with van der Waals surface area (Å²) in [6.45, 7) is 1.92. The summed E-state index contributed by atoms with van der Waals surface area (Å²) in [4.78, 5) is 10.5. The third-order valence-corrected chi connectivity index (χ3v) is 1.46. The number of primary amides is 1. The average Bonchev–Trinajstić information content (AvgIpc) is 1.94. The van der Waals surface area contributed by atoms with E-state index in [1.807, 2.05) is 13.0 Å². The van der Waals surface area contributed by atoms with Gasteiger partial charge in [0.15, 0.2) is 0 Å². The van der Waals surface area contributed by atoms with Gasteiger partial charge in [0.2, 0.25) is 0 Å². The first-order valence-electron chi connectivity index (χ1n) is 3.52. The highest BCUT2D eigenvalue weighted by molar-refractivity contribution is 5.91. The fourth-order valence-corrected chi connectivity index (χ4v) is 0.929. The van der Waals surface area contributed by atoms with Crippen molar-refractivity contribution < 1.29 is 4.79 Å². The number of amides is 2. The molecule has 0 unspecified atom stereocenters. The largest absolute Gasteiger partial charge is 0.397 e. The Morgan fingerprint density at radius 1 is 1.50 bits per heavy atom. The van der Waals surface area contributed by atoms with Gasteiger partial charge in [-0.15, -0.1) is 0 Å². The van der Waals surface area contributed by atoms with Crippen LogP contribution in [-0.2, 0) is 0 Å². The van der Waals surface area contributed by atoms with Crippen LogP contribution in [0.4, 0.5) is 16.2 Å². The van der Waals surface area contributed by atoms with Gasteiger partial charge in [0, 0.05) is 0 Å². The monoisotopic (exact) mass is 165 g/mol. The summed E-state index contributed by atoms with van der Waals surface area (Å²) in [5.74, 6) is 0. The number of anilines is 2. The lowest BCUT2D eigenvalue weighted by Gasteiger charge is -2.05. The summed E-state index contributed by atoms with van der Waals surface area (Å²) >= 11 is 0. The minimum atomic E-state index is -0.606. The molecule has 0 atom stereocenters. The molecule has 0 aliphatic rings. The van der Waals surface area contributed by atoms with E-state index >= 15 is 0 Å². The van der Waals surface area contributed by atoms with E-state index in [0.29, 0.717) is 11.4 Å². The second-order valence-electron chi connectivity index (χ2n) is 2.58. The van der Waals surface area contributed by atoms with Crippen LogP contribution in [0.25, 0.3) is 0 Å². The molecule has 0 saturated heterocycles. The lowest BCUT2D eigenvalue weighted by Crippen LogP contribution is -2.20. The smallest absolute Gasteiger partial charge is 0.316 e. The van der Waals surface area contributed by atoms with Crippen molar-refractivity contribution in [3.8, 4) is 0 Å². The zero-order valence-electron chi connectivity index (χ0n) is 6.79. The van der Waals surface area contributed by atoms with Crippen LogP contribution in [0.2, 0.25) is 0 Å². The number of rotatable bonds is 1. The SMILES string of the molecule is Cc1ccc(NC(N)=O)c(N)c1.